The Balaban J connectivity index is 1.42. The first-order valence-electron chi connectivity index (χ1n) is 9.00. The summed E-state index contributed by atoms with van der Waals surface area (Å²) in [7, 11) is 0. The van der Waals surface area contributed by atoms with Gasteiger partial charge in [-0.25, -0.2) is 4.98 Å². The topological polar surface area (TPSA) is 75.2 Å². The van der Waals surface area contributed by atoms with E-state index < -0.39 is 0 Å². The van der Waals surface area contributed by atoms with Crippen LogP contribution >= 0.6 is 11.3 Å². The second-order valence-corrected chi connectivity index (χ2v) is 8.48. The van der Waals surface area contributed by atoms with Crippen molar-refractivity contribution in [2.45, 2.75) is 57.7 Å². The molecule has 1 N–H and O–H groups in total. The minimum atomic E-state index is -0.185. The zero-order valence-corrected chi connectivity index (χ0v) is 15.8. The normalized spacial score (nSPS) is 24.5. The molecule has 2 amide bonds. The number of carbonyl (C=O) groups excluding carboxylic acids is 2. The van der Waals surface area contributed by atoms with Gasteiger partial charge in [0.1, 0.15) is 5.69 Å². The molecular formula is C19H22N4O2S. The van der Waals surface area contributed by atoms with Crippen LogP contribution < -0.4 is 5.32 Å². The molecule has 2 bridgehead atoms. The van der Waals surface area contributed by atoms with Crippen LogP contribution in [0.3, 0.4) is 0 Å². The van der Waals surface area contributed by atoms with Gasteiger partial charge in [0.2, 0.25) is 0 Å². The van der Waals surface area contributed by atoms with Gasteiger partial charge in [0.15, 0.2) is 0 Å². The Morgan fingerprint density at radius 3 is 2.42 bits per heavy atom. The third kappa shape index (κ3) is 3.23. The van der Waals surface area contributed by atoms with Crippen molar-refractivity contribution in [2.24, 2.45) is 0 Å². The lowest BCUT2D eigenvalue weighted by Crippen LogP contribution is -2.52. The number of piperidine rings is 1. The summed E-state index contributed by atoms with van der Waals surface area (Å²) in [5, 5.41) is 3.08. The lowest BCUT2D eigenvalue weighted by molar-refractivity contribution is 0.0554. The van der Waals surface area contributed by atoms with E-state index in [0.717, 1.165) is 41.1 Å². The zero-order chi connectivity index (χ0) is 18.3. The van der Waals surface area contributed by atoms with E-state index in [4.69, 9.17) is 0 Å². The summed E-state index contributed by atoms with van der Waals surface area (Å²) in [5.41, 5.74) is 1.13. The number of thiophene rings is 1. The van der Waals surface area contributed by atoms with Crippen molar-refractivity contribution in [3.8, 4) is 0 Å². The van der Waals surface area contributed by atoms with Gasteiger partial charge in [0, 0.05) is 29.2 Å². The molecule has 7 heteroatoms. The monoisotopic (exact) mass is 370 g/mol. The number of aryl methyl sites for hydroxylation is 2. The summed E-state index contributed by atoms with van der Waals surface area (Å²) in [4.78, 5) is 37.6. The fourth-order valence-electron chi connectivity index (χ4n) is 4.07. The predicted octanol–water partition coefficient (Wildman–Crippen LogP) is 2.72. The van der Waals surface area contributed by atoms with Crippen molar-refractivity contribution in [1.29, 1.82) is 0 Å². The van der Waals surface area contributed by atoms with Crippen LogP contribution in [0.4, 0.5) is 0 Å². The van der Waals surface area contributed by atoms with E-state index in [1.807, 2.05) is 26.0 Å². The van der Waals surface area contributed by atoms with E-state index >= 15 is 0 Å². The van der Waals surface area contributed by atoms with Crippen LogP contribution in [0, 0.1) is 13.8 Å². The number of hydrogen-bond donors (Lipinski definition) is 1. The predicted molar refractivity (Wildman–Crippen MR) is 99.3 cm³/mol. The van der Waals surface area contributed by atoms with Crippen molar-refractivity contribution in [3.05, 3.63) is 45.7 Å². The molecule has 2 saturated heterocycles. The van der Waals surface area contributed by atoms with Gasteiger partial charge in [-0.2, -0.15) is 0 Å². The highest BCUT2D eigenvalue weighted by Crippen LogP contribution is 2.37. The second kappa shape index (κ2) is 6.79. The summed E-state index contributed by atoms with van der Waals surface area (Å²) in [6.07, 6.45) is 6.74. The number of carbonyl (C=O) groups is 2. The van der Waals surface area contributed by atoms with Crippen LogP contribution in [0.1, 0.15) is 56.4 Å². The maximum Gasteiger partial charge on any atom is 0.271 e. The summed E-state index contributed by atoms with van der Waals surface area (Å²) in [6.45, 7) is 3.86. The minimum Gasteiger partial charge on any atom is -0.348 e. The SMILES string of the molecule is Cc1cnc(C(=O)NC2C[C@H]3CC[C@@H](C2)N3C(=O)c2ccc(C)s2)cn1. The molecule has 2 aliphatic rings. The van der Waals surface area contributed by atoms with Gasteiger partial charge in [0.25, 0.3) is 11.8 Å². The highest BCUT2D eigenvalue weighted by Gasteiger charge is 2.44. The quantitative estimate of drug-likeness (QED) is 0.901. The molecule has 6 nitrogen and oxygen atoms in total. The molecule has 0 aromatic carbocycles. The van der Waals surface area contributed by atoms with Crippen LogP contribution in [-0.2, 0) is 0 Å². The molecule has 136 valence electrons. The molecule has 4 heterocycles. The highest BCUT2D eigenvalue weighted by atomic mass is 32.1. The summed E-state index contributed by atoms with van der Waals surface area (Å²) < 4.78 is 0. The largest absolute Gasteiger partial charge is 0.348 e. The maximum atomic E-state index is 12.9. The first-order chi connectivity index (χ1) is 12.5. The van der Waals surface area contributed by atoms with Crippen LogP contribution in [0.5, 0.6) is 0 Å². The van der Waals surface area contributed by atoms with Gasteiger partial charge in [-0.3, -0.25) is 14.6 Å². The van der Waals surface area contributed by atoms with Crippen molar-refractivity contribution in [3.63, 3.8) is 0 Å². The van der Waals surface area contributed by atoms with E-state index in [9.17, 15) is 9.59 Å². The molecular weight excluding hydrogens is 348 g/mol. The number of aromatic nitrogens is 2. The summed E-state index contributed by atoms with van der Waals surface area (Å²) in [5.74, 6) is -0.0414. The van der Waals surface area contributed by atoms with Gasteiger partial charge in [0.05, 0.1) is 16.8 Å². The third-order valence-corrected chi connectivity index (χ3v) is 6.26. The van der Waals surface area contributed by atoms with E-state index in [1.165, 1.54) is 6.20 Å². The van der Waals surface area contributed by atoms with E-state index in [2.05, 4.69) is 20.2 Å². The van der Waals surface area contributed by atoms with E-state index in [0.29, 0.717) is 5.69 Å². The van der Waals surface area contributed by atoms with Crippen LogP contribution in [0.25, 0.3) is 0 Å². The number of fused-ring (bicyclic) bond motifs is 2. The van der Waals surface area contributed by atoms with Crippen molar-refractivity contribution in [1.82, 2.24) is 20.2 Å². The third-order valence-electron chi connectivity index (χ3n) is 5.27. The molecule has 3 atom stereocenters. The molecule has 0 spiro atoms. The molecule has 2 fully saturated rings. The maximum absolute atomic E-state index is 12.9. The molecule has 2 aromatic rings. The molecule has 0 radical (unpaired) electrons. The van der Waals surface area contributed by atoms with Crippen LogP contribution in [0.2, 0.25) is 0 Å². The number of amides is 2. The molecule has 1 unspecified atom stereocenters. The molecule has 2 aromatic heterocycles. The number of rotatable bonds is 3. The standard InChI is InChI=1S/C19H22N4O2S/c1-11-9-21-16(10-20-11)18(24)22-13-7-14-4-5-15(8-13)23(14)19(25)17-6-3-12(2)26-17/h3,6,9-10,13-15H,4-5,7-8H2,1-2H3,(H,22,24)/t13?,14-,15+. The first-order valence-corrected chi connectivity index (χ1v) is 9.81. The fourth-order valence-corrected chi connectivity index (χ4v) is 4.88. The van der Waals surface area contributed by atoms with E-state index in [1.54, 1.807) is 17.5 Å². The Morgan fingerprint density at radius 2 is 1.85 bits per heavy atom. The summed E-state index contributed by atoms with van der Waals surface area (Å²) in [6, 6.07) is 4.41. The Bertz CT molecular complexity index is 818. The number of nitrogens with one attached hydrogen (secondary N) is 1. The van der Waals surface area contributed by atoms with Crippen LogP contribution in [0.15, 0.2) is 24.5 Å². The summed E-state index contributed by atoms with van der Waals surface area (Å²) >= 11 is 1.56. The molecule has 4 rings (SSSR count). The lowest BCUT2D eigenvalue weighted by atomic mass is 9.97. The molecule has 2 aliphatic heterocycles. The molecule has 0 saturated carbocycles. The van der Waals surface area contributed by atoms with Crippen molar-refractivity contribution < 1.29 is 9.59 Å². The Labute approximate surface area is 156 Å². The Morgan fingerprint density at radius 1 is 1.12 bits per heavy atom. The van der Waals surface area contributed by atoms with Crippen molar-refractivity contribution >= 4 is 23.2 Å². The average Bonchev–Trinajstić information content (AvgIpc) is 3.16. The van der Waals surface area contributed by atoms with Crippen molar-refractivity contribution in [2.75, 3.05) is 0 Å². The molecule has 26 heavy (non-hydrogen) atoms. The fraction of sp³-hybridized carbons (Fsp3) is 0.474. The van der Waals surface area contributed by atoms with Crippen LogP contribution in [-0.4, -0.2) is 44.8 Å². The van der Waals surface area contributed by atoms with Gasteiger partial charge in [-0.15, -0.1) is 11.3 Å². The zero-order valence-electron chi connectivity index (χ0n) is 14.9. The smallest absolute Gasteiger partial charge is 0.271 e. The Hall–Kier alpha value is -2.28. The van der Waals surface area contributed by atoms with E-state index in [-0.39, 0.29) is 29.9 Å². The lowest BCUT2D eigenvalue weighted by Gasteiger charge is -2.39. The van der Waals surface area contributed by atoms with Gasteiger partial charge in [-0.1, -0.05) is 0 Å². The first kappa shape index (κ1) is 17.1. The van der Waals surface area contributed by atoms with Gasteiger partial charge in [-0.05, 0) is 51.7 Å². The second-order valence-electron chi connectivity index (χ2n) is 7.19. The van der Waals surface area contributed by atoms with Gasteiger partial charge < -0.3 is 10.2 Å². The molecule has 0 aliphatic carbocycles. The number of nitrogens with zero attached hydrogens (tertiary/aromatic N) is 3. The minimum absolute atomic E-state index is 0.0808. The number of hydrogen-bond acceptors (Lipinski definition) is 5. The highest BCUT2D eigenvalue weighted by molar-refractivity contribution is 7.13. The Kier molecular flexibility index (Phi) is 4.48. The van der Waals surface area contributed by atoms with Gasteiger partial charge >= 0.3 is 0 Å². The average molecular weight is 370 g/mol.